The van der Waals surface area contributed by atoms with Gasteiger partial charge in [0.05, 0.1) is 47.5 Å². The molecule has 63 heavy (non-hydrogen) atoms. The van der Waals surface area contributed by atoms with Crippen LogP contribution in [0.3, 0.4) is 0 Å². The van der Waals surface area contributed by atoms with Crippen molar-refractivity contribution in [2.75, 3.05) is 62.8 Å². The monoisotopic (exact) mass is 901 g/mol. The molecule has 1 unspecified atom stereocenters. The molecule has 2 aromatic heterocycles. The highest BCUT2D eigenvalue weighted by Gasteiger charge is 2.33. The first-order valence-corrected chi connectivity index (χ1v) is 22.7. The molecule has 18 heteroatoms. The van der Waals surface area contributed by atoms with Gasteiger partial charge in [-0.25, -0.2) is 22.5 Å². The average molecular weight is 902 g/mol. The molecule has 332 valence electrons. The predicted molar refractivity (Wildman–Crippen MR) is 239 cm³/mol. The molecule has 4 heterocycles. The van der Waals surface area contributed by atoms with E-state index in [4.69, 9.17) is 25.8 Å². The fourth-order valence-corrected chi connectivity index (χ4v) is 9.63. The molecule has 8 rings (SSSR count). The maximum Gasteiger partial charge on any atom is 0.296 e. The van der Waals surface area contributed by atoms with Crippen molar-refractivity contribution >= 4 is 61.2 Å². The predicted octanol–water partition coefficient (Wildman–Crippen LogP) is 8.18. The van der Waals surface area contributed by atoms with Crippen LogP contribution in [0.1, 0.15) is 56.0 Å². The van der Waals surface area contributed by atoms with Crippen molar-refractivity contribution in [2.24, 2.45) is 5.41 Å². The quantitative estimate of drug-likeness (QED) is 0.0763. The molecule has 0 spiro atoms. The summed E-state index contributed by atoms with van der Waals surface area (Å²) in [7, 11) is -4.85. The molecular weight excluding hydrogens is 853 g/mol. The minimum absolute atomic E-state index is 0.0246. The summed E-state index contributed by atoms with van der Waals surface area (Å²) in [5.74, 6) is -1.96. The Morgan fingerprint density at radius 1 is 1.11 bits per heavy atom. The van der Waals surface area contributed by atoms with Crippen molar-refractivity contribution in [1.82, 2.24) is 19.6 Å². The third kappa shape index (κ3) is 10.1. The highest BCUT2D eigenvalue weighted by Crippen LogP contribution is 2.44. The topological polar surface area (TPSA) is 181 Å². The molecule has 0 radical (unpaired) electrons. The highest BCUT2D eigenvalue weighted by atomic mass is 35.5. The number of rotatable bonds is 13. The fraction of sp³-hybridized carbons (Fsp3) is 0.378. The number of nitro groups is 1. The van der Waals surface area contributed by atoms with E-state index in [2.05, 4.69) is 58.0 Å². The number of nitrogens with zero attached hydrogens (tertiary/aromatic N) is 4. The Labute approximate surface area is 369 Å². The molecular formula is C45H49ClFN7O8S. The summed E-state index contributed by atoms with van der Waals surface area (Å²) in [6.07, 6.45) is 5.83. The molecule has 2 atom stereocenters. The second-order valence-electron chi connectivity index (χ2n) is 17.0. The minimum atomic E-state index is -4.85. The SMILES string of the molecule is C[C@@H]1CN(CC2=C(c3ccc(Cl)cc3)CC(C)(C)CC2)CCN1c1ccc(C(=O)NS(=O)(=O)c2cc(F)c(NCC3COCCO3)c([N+](=O)[O-])c2)c(Oc2cnc3[nH]ccc3c2)c1. The fourth-order valence-electron chi connectivity index (χ4n) is 8.51. The maximum atomic E-state index is 15.5. The Balaban J connectivity index is 1.03. The van der Waals surface area contributed by atoms with Gasteiger partial charge in [0.15, 0.2) is 5.82 Å². The zero-order chi connectivity index (χ0) is 44.5. The summed E-state index contributed by atoms with van der Waals surface area (Å²) in [4.78, 5) is 36.4. The van der Waals surface area contributed by atoms with Gasteiger partial charge in [-0.3, -0.25) is 19.8 Å². The van der Waals surface area contributed by atoms with Crippen molar-refractivity contribution in [3.63, 3.8) is 0 Å². The molecule has 5 aromatic rings. The molecule has 2 fully saturated rings. The summed E-state index contributed by atoms with van der Waals surface area (Å²) in [6.45, 7) is 10.7. The Bertz CT molecular complexity index is 2670. The van der Waals surface area contributed by atoms with Gasteiger partial charge in [0.1, 0.15) is 22.8 Å². The Hall–Kier alpha value is -5.59. The Kier molecular flexibility index (Phi) is 12.8. The zero-order valence-corrected chi connectivity index (χ0v) is 36.7. The van der Waals surface area contributed by atoms with Gasteiger partial charge in [0, 0.05) is 73.2 Å². The van der Waals surface area contributed by atoms with Gasteiger partial charge >= 0.3 is 0 Å². The number of ether oxygens (including phenoxy) is 3. The van der Waals surface area contributed by atoms with Crippen molar-refractivity contribution < 1.29 is 36.7 Å². The van der Waals surface area contributed by atoms with E-state index in [1.807, 2.05) is 22.9 Å². The van der Waals surface area contributed by atoms with Crippen LogP contribution in [-0.4, -0.2) is 98.8 Å². The number of nitrogens with one attached hydrogen (secondary N) is 3. The smallest absolute Gasteiger partial charge is 0.296 e. The van der Waals surface area contributed by atoms with Crippen LogP contribution in [0.2, 0.25) is 5.02 Å². The summed E-state index contributed by atoms with van der Waals surface area (Å²) < 4.78 is 61.9. The van der Waals surface area contributed by atoms with Crippen LogP contribution < -0.4 is 19.7 Å². The number of hydrogen-bond donors (Lipinski definition) is 3. The number of aromatic nitrogens is 2. The molecule has 1 aliphatic carbocycles. The van der Waals surface area contributed by atoms with E-state index in [-0.39, 0.29) is 35.9 Å². The molecule has 3 N–H and O–H groups in total. The summed E-state index contributed by atoms with van der Waals surface area (Å²) >= 11 is 6.24. The number of benzene rings is 3. The number of carbonyl (C=O) groups excluding carboxylic acids is 1. The second-order valence-corrected chi connectivity index (χ2v) is 19.1. The van der Waals surface area contributed by atoms with E-state index in [9.17, 15) is 23.3 Å². The number of nitro benzene ring substituents is 1. The number of hydrogen-bond acceptors (Lipinski definition) is 12. The first kappa shape index (κ1) is 44.0. The van der Waals surface area contributed by atoms with E-state index < -0.39 is 49.0 Å². The summed E-state index contributed by atoms with van der Waals surface area (Å²) in [5.41, 5.74) is 4.10. The number of fused-ring (bicyclic) bond motifs is 1. The standard InChI is InChI=1S/C45H49ClFN7O8S/c1-28-25-52(26-31-10-12-45(2,3)22-38(31)29-4-6-32(46)7-5-29)14-15-53(28)33-8-9-37(41(19-33)62-34-18-30-11-13-48-43(30)50-23-34)44(55)51-63(58,59)36-20-39(47)42(40(21-36)54(56)57)49-24-35-27-60-16-17-61-35/h4-9,11,13,18-21,23,28,35,49H,10,12,14-17,22,24-27H2,1-3H3,(H,48,50)(H,51,55)/t28-,35?/m1/s1. The van der Waals surface area contributed by atoms with Crippen molar-refractivity contribution in [3.05, 3.63) is 117 Å². The van der Waals surface area contributed by atoms with E-state index in [0.717, 1.165) is 50.0 Å². The first-order valence-electron chi connectivity index (χ1n) is 20.8. The first-order chi connectivity index (χ1) is 30.1. The lowest BCUT2D eigenvalue weighted by Gasteiger charge is -2.43. The van der Waals surface area contributed by atoms with Crippen LogP contribution in [0.15, 0.2) is 89.6 Å². The number of piperazine rings is 1. The van der Waals surface area contributed by atoms with Gasteiger partial charge in [-0.15, -0.1) is 0 Å². The van der Waals surface area contributed by atoms with Crippen LogP contribution >= 0.6 is 11.6 Å². The number of sulfonamides is 1. The Morgan fingerprint density at radius 3 is 2.67 bits per heavy atom. The number of allylic oxidation sites excluding steroid dienone is 1. The number of pyridine rings is 1. The molecule has 3 aromatic carbocycles. The van der Waals surface area contributed by atoms with Crippen LogP contribution in [0.25, 0.3) is 16.6 Å². The van der Waals surface area contributed by atoms with Crippen LogP contribution in [-0.2, 0) is 19.5 Å². The molecule has 0 bridgehead atoms. The number of anilines is 2. The molecule has 15 nitrogen and oxygen atoms in total. The largest absolute Gasteiger partial charge is 0.455 e. The zero-order valence-electron chi connectivity index (χ0n) is 35.2. The van der Waals surface area contributed by atoms with Crippen molar-refractivity contribution in [3.8, 4) is 11.5 Å². The lowest BCUT2D eigenvalue weighted by Crippen LogP contribution is -2.52. The van der Waals surface area contributed by atoms with Crippen LogP contribution in [0.5, 0.6) is 11.5 Å². The van der Waals surface area contributed by atoms with Gasteiger partial charge in [0.25, 0.3) is 21.6 Å². The number of H-pyrrole nitrogens is 1. The van der Waals surface area contributed by atoms with E-state index >= 15 is 4.39 Å². The molecule has 3 aliphatic rings. The molecule has 2 saturated heterocycles. The number of halogens is 2. The van der Waals surface area contributed by atoms with Gasteiger partial charge in [-0.2, -0.15) is 0 Å². The van der Waals surface area contributed by atoms with Crippen molar-refractivity contribution in [2.45, 2.75) is 57.1 Å². The lowest BCUT2D eigenvalue weighted by molar-refractivity contribution is -0.384. The lowest BCUT2D eigenvalue weighted by atomic mass is 9.72. The third-order valence-electron chi connectivity index (χ3n) is 11.8. The van der Waals surface area contributed by atoms with E-state index in [1.165, 1.54) is 29.0 Å². The second kappa shape index (κ2) is 18.3. The van der Waals surface area contributed by atoms with E-state index in [1.54, 1.807) is 24.4 Å². The molecule has 1 amide bonds. The van der Waals surface area contributed by atoms with Gasteiger partial charge in [0.2, 0.25) is 0 Å². The molecule has 0 saturated carbocycles. The number of amides is 1. The summed E-state index contributed by atoms with van der Waals surface area (Å²) in [6, 6.07) is 17.9. The number of aromatic amines is 1. The third-order valence-corrected chi connectivity index (χ3v) is 13.4. The number of carbonyl (C=O) groups is 1. The normalized spacial score (nSPS) is 19.5. The van der Waals surface area contributed by atoms with Crippen molar-refractivity contribution in [1.29, 1.82) is 0 Å². The minimum Gasteiger partial charge on any atom is -0.455 e. The van der Waals surface area contributed by atoms with Crippen LogP contribution in [0, 0.1) is 21.3 Å². The van der Waals surface area contributed by atoms with Gasteiger partial charge < -0.3 is 29.4 Å². The van der Waals surface area contributed by atoms with Gasteiger partial charge in [-0.05, 0) is 85.2 Å². The van der Waals surface area contributed by atoms with Crippen LogP contribution in [0.4, 0.5) is 21.5 Å². The maximum absolute atomic E-state index is 15.5. The Morgan fingerprint density at radius 2 is 1.92 bits per heavy atom. The average Bonchev–Trinajstić information content (AvgIpc) is 3.72. The van der Waals surface area contributed by atoms with Gasteiger partial charge in [-0.1, -0.05) is 43.2 Å². The summed E-state index contributed by atoms with van der Waals surface area (Å²) in [5, 5.41) is 16.2. The highest BCUT2D eigenvalue weighted by molar-refractivity contribution is 7.90. The van der Waals surface area contributed by atoms with E-state index in [0.29, 0.717) is 48.3 Å². The molecule has 2 aliphatic heterocycles.